The second-order valence-electron chi connectivity index (χ2n) is 4.91. The molecule has 0 bridgehead atoms. The maximum absolute atomic E-state index is 11.4. The molecule has 0 aromatic carbocycles. The van der Waals surface area contributed by atoms with Crippen LogP contribution < -0.4 is 4.74 Å². The van der Waals surface area contributed by atoms with Crippen molar-refractivity contribution in [3.8, 4) is 5.88 Å². The zero-order valence-corrected chi connectivity index (χ0v) is 14.5. The lowest BCUT2D eigenvalue weighted by atomic mass is 10.3. The van der Waals surface area contributed by atoms with Crippen molar-refractivity contribution in [2.75, 3.05) is 6.26 Å². The molecule has 27 heavy (non-hydrogen) atoms. The zero-order chi connectivity index (χ0) is 20.7. The fourth-order valence-electron chi connectivity index (χ4n) is 1.51. The van der Waals surface area contributed by atoms with E-state index in [1.165, 1.54) is 24.7 Å². The fraction of sp³-hybridized carbons (Fsp3) is 0.200. The third-order valence-electron chi connectivity index (χ3n) is 2.74. The quantitative estimate of drug-likeness (QED) is 0.747. The van der Waals surface area contributed by atoms with Gasteiger partial charge in [0.2, 0.25) is 5.88 Å². The molecule has 2 aromatic heterocycles. The molecule has 0 radical (unpaired) electrons. The lowest BCUT2D eigenvalue weighted by Gasteiger charge is -2.07. The number of pyridine rings is 2. The van der Waals surface area contributed by atoms with E-state index in [1.807, 2.05) is 0 Å². The molecule has 0 fully saturated rings. The molecule has 146 valence electrons. The molecule has 0 amide bonds. The molecule has 0 unspecified atom stereocenters. The van der Waals surface area contributed by atoms with Crippen LogP contribution in [0.15, 0.2) is 41.7 Å². The second-order valence-corrected chi connectivity index (χ2v) is 6.92. The normalized spacial score (nSPS) is 11.1. The lowest BCUT2D eigenvalue weighted by Crippen LogP contribution is -2.21. The Morgan fingerprint density at radius 3 is 2.48 bits per heavy atom. The van der Waals surface area contributed by atoms with E-state index in [0.717, 1.165) is 6.26 Å². The maximum Gasteiger partial charge on any atom is 0.490 e. The standard InChI is InChI=1S/C13H12N2O4S.C2HF3O2/c1-20(17,18)12-5-10(6-14-7-12)9-19-13-11(8-16)3-2-4-15-13;3-2(4,5)1(6)7/h2-8H,9H2,1H3;(H,6,7). The summed E-state index contributed by atoms with van der Waals surface area (Å²) in [6, 6.07) is 4.69. The van der Waals surface area contributed by atoms with Crippen molar-refractivity contribution < 1.29 is 41.0 Å². The van der Waals surface area contributed by atoms with Crippen molar-refractivity contribution in [1.82, 2.24) is 9.97 Å². The Bertz CT molecular complexity index is 916. The average molecular weight is 406 g/mol. The molecule has 0 atom stereocenters. The molecule has 0 saturated heterocycles. The number of nitrogens with zero attached hydrogens (tertiary/aromatic N) is 2. The van der Waals surface area contributed by atoms with Gasteiger partial charge in [0.25, 0.3) is 0 Å². The number of halogens is 3. The van der Waals surface area contributed by atoms with Crippen LogP contribution in [0.2, 0.25) is 0 Å². The van der Waals surface area contributed by atoms with Crippen LogP contribution in [0.1, 0.15) is 15.9 Å². The minimum atomic E-state index is -5.08. The third-order valence-corrected chi connectivity index (χ3v) is 3.82. The molecule has 0 aliphatic heterocycles. The van der Waals surface area contributed by atoms with E-state index in [0.29, 0.717) is 17.4 Å². The highest BCUT2D eigenvalue weighted by atomic mass is 32.2. The summed E-state index contributed by atoms with van der Waals surface area (Å²) in [7, 11) is -3.31. The van der Waals surface area contributed by atoms with Gasteiger partial charge < -0.3 is 9.84 Å². The number of carbonyl (C=O) groups excluding carboxylic acids is 1. The molecule has 0 aliphatic rings. The van der Waals surface area contributed by atoms with Gasteiger partial charge >= 0.3 is 12.1 Å². The Morgan fingerprint density at radius 1 is 1.33 bits per heavy atom. The molecule has 0 aliphatic carbocycles. The molecular formula is C15H13F3N2O6S. The topological polar surface area (TPSA) is 124 Å². The van der Waals surface area contributed by atoms with Crippen molar-refractivity contribution in [2.24, 2.45) is 0 Å². The van der Waals surface area contributed by atoms with E-state index in [9.17, 15) is 26.4 Å². The van der Waals surface area contributed by atoms with Crippen molar-refractivity contribution in [2.45, 2.75) is 17.7 Å². The molecule has 8 nitrogen and oxygen atoms in total. The van der Waals surface area contributed by atoms with Crippen LogP contribution >= 0.6 is 0 Å². The van der Waals surface area contributed by atoms with E-state index in [2.05, 4.69) is 9.97 Å². The summed E-state index contributed by atoms with van der Waals surface area (Å²) in [4.78, 5) is 27.6. The van der Waals surface area contributed by atoms with Gasteiger partial charge in [-0.25, -0.2) is 18.2 Å². The molecule has 2 aromatic rings. The number of alkyl halides is 3. The van der Waals surface area contributed by atoms with E-state index in [1.54, 1.807) is 12.1 Å². The fourth-order valence-corrected chi connectivity index (χ4v) is 2.13. The number of rotatable bonds is 5. The summed E-state index contributed by atoms with van der Waals surface area (Å²) >= 11 is 0. The van der Waals surface area contributed by atoms with E-state index in [-0.39, 0.29) is 17.4 Å². The number of hydrogen-bond donors (Lipinski definition) is 1. The van der Waals surface area contributed by atoms with Crippen LogP contribution in [0.3, 0.4) is 0 Å². The Labute approximate surface area is 151 Å². The summed E-state index contributed by atoms with van der Waals surface area (Å²) in [6.45, 7) is 0.0776. The largest absolute Gasteiger partial charge is 0.490 e. The van der Waals surface area contributed by atoms with Gasteiger partial charge in [-0.15, -0.1) is 0 Å². The molecule has 0 saturated carbocycles. The summed E-state index contributed by atoms with van der Waals surface area (Å²) in [6.07, 6.45) is 0.952. The minimum absolute atomic E-state index is 0.0776. The summed E-state index contributed by atoms with van der Waals surface area (Å²) in [5, 5.41) is 7.12. The molecule has 1 N–H and O–H groups in total. The highest BCUT2D eigenvalue weighted by Crippen LogP contribution is 2.15. The number of carbonyl (C=O) groups is 2. The molecule has 2 heterocycles. The number of aldehydes is 1. The van der Waals surface area contributed by atoms with Crippen LogP contribution in [0, 0.1) is 0 Å². The van der Waals surface area contributed by atoms with Crippen LogP contribution in [0.4, 0.5) is 13.2 Å². The lowest BCUT2D eigenvalue weighted by molar-refractivity contribution is -0.192. The molecule has 2 rings (SSSR count). The first kappa shape index (κ1) is 22.0. The first-order chi connectivity index (χ1) is 12.4. The number of hydrogen-bond acceptors (Lipinski definition) is 7. The van der Waals surface area contributed by atoms with E-state index >= 15 is 0 Å². The Kier molecular flexibility index (Phi) is 7.40. The Morgan fingerprint density at radius 2 is 1.96 bits per heavy atom. The van der Waals surface area contributed by atoms with Gasteiger partial charge in [-0.1, -0.05) is 0 Å². The average Bonchev–Trinajstić information content (AvgIpc) is 2.59. The van der Waals surface area contributed by atoms with Crippen molar-refractivity contribution in [3.63, 3.8) is 0 Å². The highest BCUT2D eigenvalue weighted by Gasteiger charge is 2.38. The van der Waals surface area contributed by atoms with Crippen molar-refractivity contribution in [3.05, 3.63) is 47.9 Å². The Hall–Kier alpha value is -3.02. The van der Waals surface area contributed by atoms with Gasteiger partial charge in [0.1, 0.15) is 6.61 Å². The number of carboxylic acids is 1. The number of ether oxygens (including phenoxy) is 1. The van der Waals surface area contributed by atoms with Gasteiger partial charge in [-0.2, -0.15) is 13.2 Å². The highest BCUT2D eigenvalue weighted by molar-refractivity contribution is 7.90. The van der Waals surface area contributed by atoms with E-state index in [4.69, 9.17) is 14.6 Å². The summed E-state index contributed by atoms with van der Waals surface area (Å²) in [5.41, 5.74) is 0.912. The van der Waals surface area contributed by atoms with E-state index < -0.39 is 22.0 Å². The minimum Gasteiger partial charge on any atom is -0.475 e. The molecule has 0 spiro atoms. The van der Waals surface area contributed by atoms with Crippen LogP contribution in [-0.4, -0.2) is 48.2 Å². The predicted octanol–water partition coefficient (Wildman–Crippen LogP) is 1.90. The van der Waals surface area contributed by atoms with Crippen LogP contribution in [0.5, 0.6) is 5.88 Å². The van der Waals surface area contributed by atoms with Crippen molar-refractivity contribution >= 4 is 22.1 Å². The third kappa shape index (κ3) is 7.40. The first-order valence-electron chi connectivity index (χ1n) is 6.92. The zero-order valence-electron chi connectivity index (χ0n) is 13.7. The number of carboxylic acid groups (broad SMARTS) is 1. The maximum atomic E-state index is 11.4. The van der Waals surface area contributed by atoms with Gasteiger partial charge in [-0.3, -0.25) is 9.78 Å². The summed E-state index contributed by atoms with van der Waals surface area (Å²) in [5.74, 6) is -2.56. The van der Waals surface area contributed by atoms with Gasteiger partial charge in [0.05, 0.1) is 10.5 Å². The number of aromatic nitrogens is 2. The smallest absolute Gasteiger partial charge is 0.475 e. The number of aliphatic carboxylic acids is 1. The van der Waals surface area contributed by atoms with Gasteiger partial charge in [-0.05, 0) is 18.2 Å². The van der Waals surface area contributed by atoms with Crippen molar-refractivity contribution in [1.29, 1.82) is 0 Å². The Balaban J connectivity index is 0.000000445. The first-order valence-corrected chi connectivity index (χ1v) is 8.81. The monoisotopic (exact) mass is 406 g/mol. The second kappa shape index (κ2) is 9.07. The number of sulfone groups is 1. The van der Waals surface area contributed by atoms with Crippen LogP contribution in [-0.2, 0) is 21.2 Å². The predicted molar refractivity (Wildman–Crippen MR) is 85.0 cm³/mol. The van der Waals surface area contributed by atoms with Gasteiger partial charge in [0, 0.05) is 30.4 Å². The molecular weight excluding hydrogens is 393 g/mol. The van der Waals surface area contributed by atoms with Crippen LogP contribution in [0.25, 0.3) is 0 Å². The van der Waals surface area contributed by atoms with Gasteiger partial charge in [0.15, 0.2) is 16.1 Å². The summed E-state index contributed by atoms with van der Waals surface area (Å²) < 4.78 is 60.0. The SMILES string of the molecule is CS(=O)(=O)c1cncc(COc2ncccc2C=O)c1.O=C(O)C(F)(F)F. The molecule has 12 heteroatoms.